The van der Waals surface area contributed by atoms with Gasteiger partial charge >= 0.3 is 0 Å². The number of rotatable bonds is 0. The summed E-state index contributed by atoms with van der Waals surface area (Å²) in [6.07, 6.45) is 11.1. The molecular weight excluding hydrogens is 132 g/mol. The van der Waals surface area contributed by atoms with E-state index in [1.54, 1.807) is 44.9 Å². The first kappa shape index (κ1) is 6.51. The van der Waals surface area contributed by atoms with E-state index in [0.717, 1.165) is 0 Å². The first-order valence-electron chi connectivity index (χ1n) is 5.45. The lowest BCUT2D eigenvalue weighted by Gasteiger charge is -2.34. The fraction of sp³-hybridized carbons (Fsp3) is 1.00. The molecule has 0 amide bonds. The summed E-state index contributed by atoms with van der Waals surface area (Å²) < 4.78 is 0. The van der Waals surface area contributed by atoms with E-state index in [4.69, 9.17) is 0 Å². The second-order valence-corrected chi connectivity index (χ2v) is 4.95. The number of hydrogen-bond donors (Lipinski definition) is 0. The maximum Gasteiger partial charge on any atom is -0.0355 e. The van der Waals surface area contributed by atoms with Gasteiger partial charge in [-0.2, -0.15) is 0 Å². The zero-order valence-corrected chi connectivity index (χ0v) is 7.26. The van der Waals surface area contributed by atoms with E-state index >= 15 is 0 Å². The Hall–Kier alpha value is 0. The zero-order chi connectivity index (χ0) is 7.26. The molecule has 0 heteroatoms. The number of hydrogen-bond acceptors (Lipinski definition) is 0. The van der Waals surface area contributed by atoms with Gasteiger partial charge in [0.25, 0.3) is 0 Å². The average Bonchev–Trinajstić information content (AvgIpc) is 2.64. The van der Waals surface area contributed by atoms with Gasteiger partial charge in [-0.1, -0.05) is 12.8 Å². The van der Waals surface area contributed by atoms with Gasteiger partial charge in [-0.15, -0.1) is 0 Å². The molecule has 0 radical (unpaired) electrons. The fourth-order valence-electron chi connectivity index (χ4n) is 4.19. The monoisotopic (exact) mass is 150 g/mol. The Bertz CT molecular complexity index is 143. The van der Waals surface area contributed by atoms with Gasteiger partial charge in [0.2, 0.25) is 0 Å². The van der Waals surface area contributed by atoms with E-state index in [9.17, 15) is 0 Å². The highest BCUT2D eigenvalue weighted by Gasteiger charge is 2.47. The van der Waals surface area contributed by atoms with E-state index < -0.39 is 0 Å². The molecule has 2 bridgehead atoms. The highest BCUT2D eigenvalue weighted by molar-refractivity contribution is 4.97. The molecule has 0 aromatic heterocycles. The average molecular weight is 150 g/mol. The van der Waals surface area contributed by atoms with Crippen LogP contribution in [0.15, 0.2) is 0 Å². The Balaban J connectivity index is 1.84. The summed E-state index contributed by atoms with van der Waals surface area (Å²) >= 11 is 0. The summed E-state index contributed by atoms with van der Waals surface area (Å²) in [6.45, 7) is 0. The van der Waals surface area contributed by atoms with Crippen molar-refractivity contribution in [2.45, 2.75) is 44.9 Å². The Labute approximate surface area is 69.4 Å². The normalized spacial score (nSPS) is 54.5. The van der Waals surface area contributed by atoms with Gasteiger partial charge in [0, 0.05) is 0 Å². The van der Waals surface area contributed by atoms with Crippen molar-refractivity contribution in [1.82, 2.24) is 0 Å². The van der Waals surface area contributed by atoms with Crippen LogP contribution in [0, 0.1) is 23.7 Å². The van der Waals surface area contributed by atoms with Crippen LogP contribution in [-0.2, 0) is 0 Å². The quantitative estimate of drug-likeness (QED) is 0.497. The second kappa shape index (κ2) is 2.24. The maximum atomic E-state index is 1.62. The third-order valence-electron chi connectivity index (χ3n) is 4.60. The lowest BCUT2D eigenvalue weighted by Crippen LogP contribution is -2.25. The van der Waals surface area contributed by atoms with Crippen molar-refractivity contribution in [2.75, 3.05) is 0 Å². The van der Waals surface area contributed by atoms with Crippen LogP contribution >= 0.6 is 0 Å². The summed E-state index contributed by atoms with van der Waals surface area (Å²) in [5.74, 6) is 4.76. The Morgan fingerprint density at radius 1 is 0.636 bits per heavy atom. The molecule has 3 rings (SSSR count). The van der Waals surface area contributed by atoms with Gasteiger partial charge in [0.05, 0.1) is 0 Å². The van der Waals surface area contributed by atoms with Gasteiger partial charge in [-0.3, -0.25) is 0 Å². The zero-order valence-electron chi connectivity index (χ0n) is 7.26. The molecule has 0 spiro atoms. The summed E-state index contributed by atoms with van der Waals surface area (Å²) in [6, 6.07) is 0. The van der Waals surface area contributed by atoms with Crippen molar-refractivity contribution in [3.63, 3.8) is 0 Å². The maximum absolute atomic E-state index is 1.62. The van der Waals surface area contributed by atoms with E-state index in [2.05, 4.69) is 0 Å². The van der Waals surface area contributed by atoms with E-state index in [1.165, 1.54) is 23.7 Å². The minimum atomic E-state index is 1.19. The summed E-state index contributed by atoms with van der Waals surface area (Å²) in [5, 5.41) is 0. The largest absolute Gasteiger partial charge is 0.0530 e. The highest BCUT2D eigenvalue weighted by Crippen LogP contribution is 2.57. The Kier molecular flexibility index (Phi) is 1.33. The minimum absolute atomic E-state index is 1.19. The van der Waals surface area contributed by atoms with Crippen LogP contribution < -0.4 is 0 Å². The van der Waals surface area contributed by atoms with Crippen molar-refractivity contribution >= 4 is 0 Å². The van der Waals surface area contributed by atoms with Crippen LogP contribution in [0.4, 0.5) is 0 Å². The van der Waals surface area contributed by atoms with Gasteiger partial charge < -0.3 is 0 Å². The van der Waals surface area contributed by atoms with Crippen LogP contribution in [0.2, 0.25) is 0 Å². The molecule has 3 fully saturated rings. The third kappa shape index (κ3) is 0.816. The SMILES string of the molecule is C1CC[C@H]2[C@@H]3CC[C@@H](C3)[C@H]2C1. The summed E-state index contributed by atoms with van der Waals surface area (Å²) in [7, 11) is 0. The highest BCUT2D eigenvalue weighted by atomic mass is 14.5. The molecule has 4 atom stereocenters. The molecule has 0 unspecified atom stereocenters. The molecule has 11 heavy (non-hydrogen) atoms. The molecule has 0 saturated heterocycles. The lowest BCUT2D eigenvalue weighted by molar-refractivity contribution is 0.158. The second-order valence-electron chi connectivity index (χ2n) is 4.95. The van der Waals surface area contributed by atoms with Crippen molar-refractivity contribution in [2.24, 2.45) is 23.7 Å². The molecule has 0 heterocycles. The standard InChI is InChI=1S/C11H18/c1-2-4-11-9-6-5-8(7-9)10(11)3-1/h8-11H,1-7H2/t8-,9+,10+,11-. The third-order valence-corrected chi connectivity index (χ3v) is 4.60. The first-order valence-corrected chi connectivity index (χ1v) is 5.45. The lowest BCUT2D eigenvalue weighted by atomic mass is 9.71. The van der Waals surface area contributed by atoms with Crippen LogP contribution in [0.25, 0.3) is 0 Å². The fourth-order valence-corrected chi connectivity index (χ4v) is 4.19. The van der Waals surface area contributed by atoms with Crippen LogP contribution in [0.3, 0.4) is 0 Å². The van der Waals surface area contributed by atoms with Gasteiger partial charge in [-0.25, -0.2) is 0 Å². The minimum Gasteiger partial charge on any atom is -0.0530 e. The van der Waals surface area contributed by atoms with E-state index in [-0.39, 0.29) is 0 Å². The molecule has 0 aromatic rings. The first-order chi connectivity index (χ1) is 5.45. The summed E-state index contributed by atoms with van der Waals surface area (Å²) in [4.78, 5) is 0. The van der Waals surface area contributed by atoms with Crippen molar-refractivity contribution in [3.05, 3.63) is 0 Å². The van der Waals surface area contributed by atoms with Crippen LogP contribution in [0.5, 0.6) is 0 Å². The predicted octanol–water partition coefficient (Wildman–Crippen LogP) is 3.22. The van der Waals surface area contributed by atoms with Crippen LogP contribution in [0.1, 0.15) is 44.9 Å². The molecular formula is C11H18. The molecule has 0 aliphatic heterocycles. The van der Waals surface area contributed by atoms with Gasteiger partial charge in [-0.05, 0) is 55.8 Å². The van der Waals surface area contributed by atoms with Gasteiger partial charge in [0.15, 0.2) is 0 Å². The van der Waals surface area contributed by atoms with Crippen LogP contribution in [-0.4, -0.2) is 0 Å². The van der Waals surface area contributed by atoms with Crippen molar-refractivity contribution < 1.29 is 0 Å². The molecule has 0 N–H and O–H groups in total. The molecule has 0 nitrogen and oxygen atoms in total. The van der Waals surface area contributed by atoms with Crippen molar-refractivity contribution in [3.8, 4) is 0 Å². The molecule has 3 aliphatic rings. The molecule has 62 valence electrons. The van der Waals surface area contributed by atoms with Gasteiger partial charge in [0.1, 0.15) is 0 Å². The van der Waals surface area contributed by atoms with Crippen molar-refractivity contribution in [1.29, 1.82) is 0 Å². The topological polar surface area (TPSA) is 0 Å². The molecule has 0 aromatic carbocycles. The summed E-state index contributed by atoms with van der Waals surface area (Å²) in [5.41, 5.74) is 0. The predicted molar refractivity (Wildman–Crippen MR) is 46.3 cm³/mol. The number of fused-ring (bicyclic) bond motifs is 5. The van der Waals surface area contributed by atoms with E-state index in [1.807, 2.05) is 0 Å². The molecule has 3 aliphatic carbocycles. The molecule has 3 saturated carbocycles. The smallest absolute Gasteiger partial charge is 0.0355 e. The Morgan fingerprint density at radius 2 is 1.18 bits per heavy atom. The van der Waals surface area contributed by atoms with E-state index in [0.29, 0.717) is 0 Å². The Morgan fingerprint density at radius 3 is 1.73 bits per heavy atom.